The molecule has 0 radical (unpaired) electrons. The van der Waals surface area contributed by atoms with Crippen molar-refractivity contribution >= 4 is 17.9 Å². The summed E-state index contributed by atoms with van der Waals surface area (Å²) in [5.74, 6) is 1.23. The lowest BCUT2D eigenvalue weighted by atomic mass is 10.1. The van der Waals surface area contributed by atoms with E-state index in [-0.39, 0.29) is 6.09 Å². The molecule has 1 saturated heterocycles. The van der Waals surface area contributed by atoms with Gasteiger partial charge in [-0.1, -0.05) is 13.8 Å². The van der Waals surface area contributed by atoms with E-state index in [9.17, 15) is 4.79 Å². The van der Waals surface area contributed by atoms with E-state index in [4.69, 9.17) is 4.74 Å². The Morgan fingerprint density at radius 1 is 1.47 bits per heavy atom. The normalized spacial score (nSPS) is 25.1. The van der Waals surface area contributed by atoms with Crippen molar-refractivity contribution in [3.05, 3.63) is 0 Å². The number of amides is 1. The van der Waals surface area contributed by atoms with Gasteiger partial charge in [-0.25, -0.2) is 4.79 Å². The van der Waals surface area contributed by atoms with E-state index in [0.717, 1.165) is 6.42 Å². The molecule has 5 heteroatoms. The van der Waals surface area contributed by atoms with Gasteiger partial charge in [0, 0.05) is 23.9 Å². The highest BCUT2D eigenvalue weighted by molar-refractivity contribution is 8.00. The van der Waals surface area contributed by atoms with E-state index in [0.29, 0.717) is 23.9 Å². The molecule has 3 unspecified atom stereocenters. The number of ether oxygens (including phenoxy) is 1. The van der Waals surface area contributed by atoms with Crippen molar-refractivity contribution in [2.45, 2.75) is 70.4 Å². The molecule has 0 aromatic rings. The lowest BCUT2D eigenvalue weighted by Gasteiger charge is -2.25. The van der Waals surface area contributed by atoms with Crippen LogP contribution in [-0.2, 0) is 4.74 Å². The van der Waals surface area contributed by atoms with Gasteiger partial charge >= 0.3 is 6.09 Å². The van der Waals surface area contributed by atoms with Crippen LogP contribution < -0.4 is 10.6 Å². The standard InChI is InChI=1S/C14H28N2O2S/c1-6-11(16-12-7-8-19-10(12)2)9-15-13(17)18-14(3,4)5/h10-12,16H,6-9H2,1-5H3,(H,15,17). The molecule has 1 amide bonds. The molecule has 0 aromatic heterocycles. The molecule has 19 heavy (non-hydrogen) atoms. The highest BCUT2D eigenvalue weighted by Gasteiger charge is 2.26. The zero-order valence-corrected chi connectivity index (χ0v) is 13.6. The summed E-state index contributed by atoms with van der Waals surface area (Å²) >= 11 is 2.02. The summed E-state index contributed by atoms with van der Waals surface area (Å²) in [7, 11) is 0. The van der Waals surface area contributed by atoms with Crippen molar-refractivity contribution in [2.24, 2.45) is 0 Å². The number of nitrogens with one attached hydrogen (secondary N) is 2. The van der Waals surface area contributed by atoms with Gasteiger partial charge in [0.1, 0.15) is 5.60 Å². The molecule has 0 aromatic carbocycles. The van der Waals surface area contributed by atoms with Crippen LogP contribution in [0.15, 0.2) is 0 Å². The first-order chi connectivity index (χ1) is 8.81. The van der Waals surface area contributed by atoms with Crippen molar-refractivity contribution < 1.29 is 9.53 Å². The summed E-state index contributed by atoms with van der Waals surface area (Å²) in [6.45, 7) is 10.7. The van der Waals surface area contributed by atoms with Crippen molar-refractivity contribution in [2.75, 3.05) is 12.3 Å². The average molecular weight is 288 g/mol. The number of hydrogen-bond donors (Lipinski definition) is 2. The fraction of sp³-hybridized carbons (Fsp3) is 0.929. The minimum atomic E-state index is -0.435. The highest BCUT2D eigenvalue weighted by atomic mass is 32.2. The first-order valence-corrected chi connectivity index (χ1v) is 8.21. The number of carbonyl (C=O) groups is 1. The van der Waals surface area contributed by atoms with Crippen LogP contribution in [0.1, 0.15) is 47.5 Å². The second-order valence-electron chi connectivity index (χ2n) is 6.13. The zero-order chi connectivity index (χ0) is 14.5. The average Bonchev–Trinajstić information content (AvgIpc) is 2.67. The molecule has 1 fully saturated rings. The summed E-state index contributed by atoms with van der Waals surface area (Å²) in [5.41, 5.74) is -0.435. The molecule has 1 aliphatic heterocycles. The number of thioether (sulfide) groups is 1. The van der Waals surface area contributed by atoms with Crippen LogP contribution in [0.2, 0.25) is 0 Å². The quantitative estimate of drug-likeness (QED) is 0.817. The molecule has 112 valence electrons. The Balaban J connectivity index is 2.30. The highest BCUT2D eigenvalue weighted by Crippen LogP contribution is 2.26. The minimum absolute atomic E-state index is 0.318. The number of rotatable bonds is 5. The van der Waals surface area contributed by atoms with Crippen LogP contribution in [0.25, 0.3) is 0 Å². The van der Waals surface area contributed by atoms with Crippen LogP contribution in [0.3, 0.4) is 0 Å². The summed E-state index contributed by atoms with van der Waals surface area (Å²) in [6.07, 6.45) is 1.89. The Labute approximate surface area is 121 Å². The molecule has 3 atom stereocenters. The molecule has 0 bridgehead atoms. The summed E-state index contributed by atoms with van der Waals surface area (Å²) < 4.78 is 5.24. The van der Waals surface area contributed by atoms with E-state index in [1.165, 1.54) is 12.2 Å². The molecule has 1 heterocycles. The third kappa shape index (κ3) is 6.52. The molecule has 1 rings (SSSR count). The van der Waals surface area contributed by atoms with Crippen LogP contribution in [0.4, 0.5) is 4.79 Å². The van der Waals surface area contributed by atoms with E-state index in [1.807, 2.05) is 32.5 Å². The van der Waals surface area contributed by atoms with Gasteiger partial charge in [-0.2, -0.15) is 11.8 Å². The Morgan fingerprint density at radius 3 is 2.63 bits per heavy atom. The Morgan fingerprint density at radius 2 is 2.16 bits per heavy atom. The van der Waals surface area contributed by atoms with Gasteiger partial charge in [-0.15, -0.1) is 0 Å². The van der Waals surface area contributed by atoms with Crippen molar-refractivity contribution in [1.29, 1.82) is 0 Å². The fourth-order valence-electron chi connectivity index (χ4n) is 2.10. The molecule has 2 N–H and O–H groups in total. The predicted octanol–water partition coefficient (Wildman–Crippen LogP) is 2.77. The predicted molar refractivity (Wildman–Crippen MR) is 81.8 cm³/mol. The van der Waals surface area contributed by atoms with Gasteiger partial charge in [0.25, 0.3) is 0 Å². The van der Waals surface area contributed by atoms with Crippen LogP contribution in [-0.4, -0.2) is 41.3 Å². The molecular weight excluding hydrogens is 260 g/mol. The first kappa shape index (κ1) is 16.6. The molecule has 0 aliphatic carbocycles. The molecule has 4 nitrogen and oxygen atoms in total. The maximum absolute atomic E-state index is 11.6. The van der Waals surface area contributed by atoms with Gasteiger partial charge in [0.2, 0.25) is 0 Å². The Kier molecular flexibility index (Phi) is 6.47. The van der Waals surface area contributed by atoms with E-state index < -0.39 is 5.60 Å². The summed E-state index contributed by atoms with van der Waals surface area (Å²) in [6, 6.07) is 0.883. The monoisotopic (exact) mass is 288 g/mol. The Bertz CT molecular complexity index is 292. The van der Waals surface area contributed by atoms with E-state index in [1.54, 1.807) is 0 Å². The molecule has 0 spiro atoms. The Hall–Kier alpha value is -0.420. The van der Waals surface area contributed by atoms with Crippen molar-refractivity contribution in [1.82, 2.24) is 10.6 Å². The maximum Gasteiger partial charge on any atom is 0.407 e. The SMILES string of the molecule is CCC(CNC(=O)OC(C)(C)C)NC1CCSC1C. The van der Waals surface area contributed by atoms with Crippen LogP contribution in [0, 0.1) is 0 Å². The molecule has 0 saturated carbocycles. The van der Waals surface area contributed by atoms with Gasteiger partial charge < -0.3 is 15.4 Å². The molecule has 1 aliphatic rings. The second-order valence-corrected chi connectivity index (χ2v) is 7.61. The van der Waals surface area contributed by atoms with E-state index >= 15 is 0 Å². The van der Waals surface area contributed by atoms with Crippen LogP contribution in [0.5, 0.6) is 0 Å². The summed E-state index contributed by atoms with van der Waals surface area (Å²) in [4.78, 5) is 11.6. The number of alkyl carbamates (subject to hydrolysis) is 1. The minimum Gasteiger partial charge on any atom is -0.444 e. The van der Waals surface area contributed by atoms with E-state index in [2.05, 4.69) is 24.5 Å². The molecular formula is C14H28N2O2S. The summed E-state index contributed by atoms with van der Waals surface area (Å²) in [5, 5.41) is 7.15. The van der Waals surface area contributed by atoms with Crippen LogP contribution >= 0.6 is 11.8 Å². The fourth-order valence-corrected chi connectivity index (χ4v) is 3.30. The third-order valence-corrected chi connectivity index (χ3v) is 4.54. The smallest absolute Gasteiger partial charge is 0.407 e. The number of hydrogen-bond acceptors (Lipinski definition) is 4. The van der Waals surface area contributed by atoms with Crippen molar-refractivity contribution in [3.63, 3.8) is 0 Å². The first-order valence-electron chi connectivity index (χ1n) is 7.16. The second kappa shape index (κ2) is 7.39. The van der Waals surface area contributed by atoms with Crippen molar-refractivity contribution in [3.8, 4) is 0 Å². The largest absolute Gasteiger partial charge is 0.444 e. The maximum atomic E-state index is 11.6. The van der Waals surface area contributed by atoms with Gasteiger partial charge in [0.05, 0.1) is 0 Å². The lowest BCUT2D eigenvalue weighted by molar-refractivity contribution is 0.0521. The lowest BCUT2D eigenvalue weighted by Crippen LogP contribution is -2.47. The third-order valence-electron chi connectivity index (χ3n) is 3.21. The topological polar surface area (TPSA) is 50.4 Å². The zero-order valence-electron chi connectivity index (χ0n) is 12.8. The number of carbonyl (C=O) groups excluding carboxylic acids is 1. The van der Waals surface area contributed by atoms with Gasteiger partial charge in [-0.3, -0.25) is 0 Å². The van der Waals surface area contributed by atoms with Gasteiger partial charge in [0.15, 0.2) is 0 Å². The van der Waals surface area contributed by atoms with Gasteiger partial charge in [-0.05, 0) is 39.4 Å².